The number of Topliss-reactive ketones (excluding diaryl/α,β-unsaturated/α-hetero) is 1. The van der Waals surface area contributed by atoms with E-state index in [1.807, 2.05) is 36.4 Å². The lowest BCUT2D eigenvalue weighted by Crippen LogP contribution is -2.47. The summed E-state index contributed by atoms with van der Waals surface area (Å²) in [6.45, 7) is 0. The van der Waals surface area contributed by atoms with Gasteiger partial charge in [0.25, 0.3) is 11.8 Å². The minimum Gasteiger partial charge on any atom is -0.363 e. The van der Waals surface area contributed by atoms with E-state index < -0.39 is 23.6 Å². The number of halogens is 1. The maximum Gasteiger partial charge on any atom is 0.287 e. The molecule has 3 aromatic carbocycles. The standard InChI is InChI=1S/C21H17ClN2O3/c22-16-11-10-14-8-4-5-9-15(14)18(16)21(27)24-17(19(25)20(23)26)12-13-6-2-1-3-7-13/h1-11,17H,12H2,(H2,23,26)(H,24,27). The molecule has 0 radical (unpaired) electrons. The Morgan fingerprint density at radius 1 is 0.926 bits per heavy atom. The van der Waals surface area contributed by atoms with Crippen molar-refractivity contribution < 1.29 is 14.4 Å². The van der Waals surface area contributed by atoms with Crippen LogP contribution in [0.4, 0.5) is 0 Å². The van der Waals surface area contributed by atoms with Gasteiger partial charge in [-0.25, -0.2) is 0 Å². The highest BCUT2D eigenvalue weighted by Crippen LogP contribution is 2.26. The van der Waals surface area contributed by atoms with E-state index in [1.165, 1.54) is 0 Å². The predicted molar refractivity (Wildman–Crippen MR) is 105 cm³/mol. The number of ketones is 1. The van der Waals surface area contributed by atoms with Crippen molar-refractivity contribution in [2.45, 2.75) is 12.5 Å². The van der Waals surface area contributed by atoms with E-state index in [4.69, 9.17) is 17.3 Å². The molecule has 136 valence electrons. The Balaban J connectivity index is 1.94. The molecule has 0 saturated carbocycles. The zero-order valence-electron chi connectivity index (χ0n) is 14.3. The molecule has 5 nitrogen and oxygen atoms in total. The molecular weight excluding hydrogens is 364 g/mol. The van der Waals surface area contributed by atoms with Crippen molar-refractivity contribution in [1.82, 2.24) is 5.32 Å². The van der Waals surface area contributed by atoms with E-state index in [0.29, 0.717) is 5.39 Å². The lowest BCUT2D eigenvalue weighted by Gasteiger charge is -2.18. The number of benzene rings is 3. The largest absolute Gasteiger partial charge is 0.363 e. The van der Waals surface area contributed by atoms with Crippen LogP contribution in [0.15, 0.2) is 66.7 Å². The van der Waals surface area contributed by atoms with Gasteiger partial charge in [-0.3, -0.25) is 14.4 Å². The van der Waals surface area contributed by atoms with Crippen LogP contribution in [-0.4, -0.2) is 23.6 Å². The Bertz CT molecular complexity index is 1020. The van der Waals surface area contributed by atoms with Crippen molar-refractivity contribution in [3.05, 3.63) is 82.9 Å². The minimum atomic E-state index is -1.10. The van der Waals surface area contributed by atoms with E-state index in [-0.39, 0.29) is 17.0 Å². The first-order valence-electron chi connectivity index (χ1n) is 8.33. The summed E-state index contributed by atoms with van der Waals surface area (Å²) in [6, 6.07) is 18.7. The average Bonchev–Trinajstić information content (AvgIpc) is 2.67. The van der Waals surface area contributed by atoms with Gasteiger partial charge in [0.15, 0.2) is 0 Å². The number of nitrogens with two attached hydrogens (primary N) is 1. The summed E-state index contributed by atoms with van der Waals surface area (Å²) in [6.07, 6.45) is 0.150. The van der Waals surface area contributed by atoms with Gasteiger partial charge in [-0.05, 0) is 22.4 Å². The van der Waals surface area contributed by atoms with Crippen LogP contribution < -0.4 is 11.1 Å². The Labute approximate surface area is 161 Å². The zero-order chi connectivity index (χ0) is 19.4. The molecule has 27 heavy (non-hydrogen) atoms. The molecule has 1 unspecified atom stereocenters. The highest BCUT2D eigenvalue weighted by molar-refractivity contribution is 6.38. The van der Waals surface area contributed by atoms with Crippen molar-refractivity contribution in [1.29, 1.82) is 0 Å². The van der Waals surface area contributed by atoms with Gasteiger partial charge in [-0.2, -0.15) is 0 Å². The molecule has 0 spiro atoms. The quantitative estimate of drug-likeness (QED) is 0.644. The molecule has 0 aliphatic rings. The summed E-state index contributed by atoms with van der Waals surface area (Å²) in [4.78, 5) is 36.6. The first-order valence-corrected chi connectivity index (χ1v) is 8.71. The first kappa shape index (κ1) is 18.6. The molecular formula is C21H17ClN2O3. The van der Waals surface area contributed by atoms with Gasteiger partial charge in [0.1, 0.15) is 6.04 Å². The van der Waals surface area contributed by atoms with Crippen LogP contribution >= 0.6 is 11.6 Å². The van der Waals surface area contributed by atoms with Crippen LogP contribution in [0.3, 0.4) is 0 Å². The summed E-state index contributed by atoms with van der Waals surface area (Å²) < 4.78 is 0. The molecule has 1 atom stereocenters. The summed E-state index contributed by atoms with van der Waals surface area (Å²) in [5.74, 6) is -2.49. The second kappa shape index (κ2) is 8.01. The van der Waals surface area contributed by atoms with E-state index in [9.17, 15) is 14.4 Å². The number of hydrogen-bond donors (Lipinski definition) is 2. The number of primary amides is 1. The zero-order valence-corrected chi connectivity index (χ0v) is 15.1. The molecule has 0 aliphatic carbocycles. The molecule has 3 N–H and O–H groups in total. The Morgan fingerprint density at radius 3 is 2.30 bits per heavy atom. The third-order valence-electron chi connectivity index (χ3n) is 4.25. The molecule has 0 fully saturated rings. The third kappa shape index (κ3) is 4.15. The normalized spacial score (nSPS) is 11.7. The van der Waals surface area contributed by atoms with Gasteiger partial charge in [-0.1, -0.05) is 72.3 Å². The van der Waals surface area contributed by atoms with Crippen molar-refractivity contribution in [3.63, 3.8) is 0 Å². The topological polar surface area (TPSA) is 89.3 Å². The van der Waals surface area contributed by atoms with Crippen LogP contribution in [0.2, 0.25) is 5.02 Å². The van der Waals surface area contributed by atoms with Crippen molar-refractivity contribution >= 4 is 40.0 Å². The lowest BCUT2D eigenvalue weighted by molar-refractivity contribution is -0.137. The van der Waals surface area contributed by atoms with E-state index in [2.05, 4.69) is 5.32 Å². The average molecular weight is 381 g/mol. The summed E-state index contributed by atoms with van der Waals surface area (Å²) in [5.41, 5.74) is 6.21. The van der Waals surface area contributed by atoms with Crippen LogP contribution in [-0.2, 0) is 16.0 Å². The third-order valence-corrected chi connectivity index (χ3v) is 4.57. The van der Waals surface area contributed by atoms with E-state index in [1.54, 1.807) is 30.3 Å². The van der Waals surface area contributed by atoms with Crippen LogP contribution in [0.1, 0.15) is 15.9 Å². The number of fused-ring (bicyclic) bond motifs is 1. The van der Waals surface area contributed by atoms with Gasteiger partial charge in [0.2, 0.25) is 5.78 Å². The number of carbonyl (C=O) groups excluding carboxylic acids is 3. The molecule has 0 aromatic heterocycles. The fraction of sp³-hybridized carbons (Fsp3) is 0.0952. The second-order valence-electron chi connectivity index (χ2n) is 6.09. The van der Waals surface area contributed by atoms with E-state index in [0.717, 1.165) is 10.9 Å². The monoisotopic (exact) mass is 380 g/mol. The molecule has 3 rings (SSSR count). The molecule has 2 amide bonds. The molecule has 0 aliphatic heterocycles. The van der Waals surface area contributed by atoms with Crippen LogP contribution in [0.5, 0.6) is 0 Å². The predicted octanol–water partition coefficient (Wildman–Crippen LogP) is 2.89. The Morgan fingerprint density at radius 2 is 1.59 bits per heavy atom. The molecule has 6 heteroatoms. The fourth-order valence-electron chi connectivity index (χ4n) is 2.94. The minimum absolute atomic E-state index is 0.150. The summed E-state index contributed by atoms with van der Waals surface area (Å²) in [5, 5.41) is 4.38. The molecule has 0 saturated heterocycles. The maximum atomic E-state index is 12.9. The highest BCUT2D eigenvalue weighted by atomic mass is 35.5. The highest BCUT2D eigenvalue weighted by Gasteiger charge is 2.27. The summed E-state index contributed by atoms with van der Waals surface area (Å²) in [7, 11) is 0. The van der Waals surface area contributed by atoms with Gasteiger partial charge >= 0.3 is 0 Å². The Hall–Kier alpha value is -3.18. The summed E-state index contributed by atoms with van der Waals surface area (Å²) >= 11 is 6.25. The van der Waals surface area contributed by atoms with Gasteiger partial charge < -0.3 is 11.1 Å². The smallest absolute Gasteiger partial charge is 0.287 e. The number of amides is 2. The second-order valence-corrected chi connectivity index (χ2v) is 6.49. The number of hydrogen-bond acceptors (Lipinski definition) is 3. The molecule has 3 aromatic rings. The number of carbonyl (C=O) groups is 3. The van der Waals surface area contributed by atoms with Gasteiger partial charge in [0, 0.05) is 6.42 Å². The lowest BCUT2D eigenvalue weighted by atomic mass is 10.00. The van der Waals surface area contributed by atoms with Crippen molar-refractivity contribution in [2.75, 3.05) is 0 Å². The van der Waals surface area contributed by atoms with Crippen LogP contribution in [0.25, 0.3) is 10.8 Å². The van der Waals surface area contributed by atoms with Crippen LogP contribution in [0, 0.1) is 0 Å². The number of nitrogens with one attached hydrogen (secondary N) is 1. The van der Waals surface area contributed by atoms with Crippen molar-refractivity contribution in [2.24, 2.45) is 5.73 Å². The van der Waals surface area contributed by atoms with Crippen molar-refractivity contribution in [3.8, 4) is 0 Å². The molecule has 0 bridgehead atoms. The SMILES string of the molecule is NC(=O)C(=O)C(Cc1ccccc1)NC(=O)c1c(Cl)ccc2ccccc12. The fourth-order valence-corrected chi connectivity index (χ4v) is 3.19. The van der Waals surface area contributed by atoms with Gasteiger partial charge in [-0.15, -0.1) is 0 Å². The maximum absolute atomic E-state index is 12.9. The Kier molecular flexibility index (Phi) is 5.52. The molecule has 0 heterocycles. The van der Waals surface area contributed by atoms with E-state index >= 15 is 0 Å². The van der Waals surface area contributed by atoms with Gasteiger partial charge in [0.05, 0.1) is 10.6 Å². The number of rotatable bonds is 6. The first-order chi connectivity index (χ1) is 13.0.